The molecule has 2 atom stereocenters. The fourth-order valence-corrected chi connectivity index (χ4v) is 2.61. The van der Waals surface area contributed by atoms with E-state index in [4.69, 9.17) is 0 Å². The van der Waals surface area contributed by atoms with E-state index < -0.39 is 23.4 Å². The van der Waals surface area contributed by atoms with Crippen molar-refractivity contribution in [3.8, 4) is 0 Å². The van der Waals surface area contributed by atoms with Crippen molar-refractivity contribution < 1.29 is 14.3 Å². The second-order valence-electron chi connectivity index (χ2n) is 6.62. The Balaban J connectivity index is 2.04. The van der Waals surface area contributed by atoms with Crippen molar-refractivity contribution in [2.45, 2.75) is 44.8 Å². The van der Waals surface area contributed by atoms with Crippen molar-refractivity contribution in [3.63, 3.8) is 0 Å². The van der Waals surface area contributed by atoms with E-state index in [2.05, 4.69) is 5.32 Å². The molecule has 0 saturated carbocycles. The highest BCUT2D eigenvalue weighted by Crippen LogP contribution is 2.26. The van der Waals surface area contributed by atoms with Gasteiger partial charge in [0, 0.05) is 12.0 Å². The third kappa shape index (κ3) is 4.20. The molecule has 2 aromatic rings. The van der Waals surface area contributed by atoms with Crippen LogP contribution < -0.4 is 5.32 Å². The summed E-state index contributed by atoms with van der Waals surface area (Å²) in [6.45, 7) is 5.11. The summed E-state index contributed by atoms with van der Waals surface area (Å²) in [6.07, 6.45) is -0.268. The lowest BCUT2D eigenvalue weighted by atomic mass is 9.83. The van der Waals surface area contributed by atoms with Crippen LogP contribution in [-0.4, -0.2) is 23.2 Å². The van der Waals surface area contributed by atoms with Gasteiger partial charge in [-0.05, 0) is 32.4 Å². The van der Waals surface area contributed by atoms with E-state index in [9.17, 15) is 14.3 Å². The largest absolute Gasteiger partial charge is 0.391 e. The Morgan fingerprint density at radius 2 is 1.71 bits per heavy atom. The van der Waals surface area contributed by atoms with E-state index in [1.165, 1.54) is 6.07 Å². The summed E-state index contributed by atoms with van der Waals surface area (Å²) in [4.78, 5) is 12.6. The highest BCUT2D eigenvalue weighted by atomic mass is 19.1. The van der Waals surface area contributed by atoms with Crippen molar-refractivity contribution in [1.29, 1.82) is 0 Å². The molecule has 2 N–H and O–H groups in total. The van der Waals surface area contributed by atoms with Crippen LogP contribution in [0.15, 0.2) is 54.6 Å². The van der Waals surface area contributed by atoms with Crippen LogP contribution in [0.5, 0.6) is 0 Å². The van der Waals surface area contributed by atoms with Crippen LogP contribution in [0.4, 0.5) is 4.39 Å². The van der Waals surface area contributed by atoms with Crippen molar-refractivity contribution in [2.24, 2.45) is 0 Å². The number of aliphatic hydroxyl groups is 1. The minimum Gasteiger partial charge on any atom is -0.391 e. The van der Waals surface area contributed by atoms with Gasteiger partial charge in [0.15, 0.2) is 0 Å². The van der Waals surface area contributed by atoms with Gasteiger partial charge in [-0.1, -0.05) is 48.5 Å². The van der Waals surface area contributed by atoms with Gasteiger partial charge in [0.2, 0.25) is 5.91 Å². The van der Waals surface area contributed by atoms with Gasteiger partial charge in [0.25, 0.3) is 0 Å². The van der Waals surface area contributed by atoms with Crippen LogP contribution >= 0.6 is 0 Å². The zero-order chi connectivity index (χ0) is 17.7. The molecule has 0 aliphatic rings. The molecule has 0 heterocycles. The van der Waals surface area contributed by atoms with Gasteiger partial charge in [-0.3, -0.25) is 4.79 Å². The predicted octanol–water partition coefficient (Wildman–Crippen LogP) is 3.21. The predicted molar refractivity (Wildman–Crippen MR) is 93.2 cm³/mol. The number of aliphatic hydroxyl groups excluding tert-OH is 1. The van der Waals surface area contributed by atoms with Gasteiger partial charge in [-0.2, -0.15) is 0 Å². The highest BCUT2D eigenvalue weighted by Gasteiger charge is 2.33. The molecule has 0 bridgehead atoms. The number of hydrogen-bond acceptors (Lipinski definition) is 2. The fourth-order valence-electron chi connectivity index (χ4n) is 2.61. The fraction of sp³-hybridized carbons (Fsp3) is 0.350. The van der Waals surface area contributed by atoms with Gasteiger partial charge in [0.05, 0.1) is 17.6 Å². The van der Waals surface area contributed by atoms with Crippen molar-refractivity contribution in [1.82, 2.24) is 5.32 Å². The number of rotatable bonds is 6. The molecule has 2 rings (SSSR count). The van der Waals surface area contributed by atoms with Gasteiger partial charge < -0.3 is 10.4 Å². The number of amides is 1. The number of nitrogens with one attached hydrogen (secondary N) is 1. The first-order valence-electron chi connectivity index (χ1n) is 8.10. The Labute approximate surface area is 142 Å². The van der Waals surface area contributed by atoms with Crippen LogP contribution in [0.25, 0.3) is 0 Å². The standard InChI is InChI=1S/C20H24FNO2/c1-14(18(23)13-15-9-5-4-6-10-15)22-19(24)20(2,3)16-11-7-8-12-17(16)21/h4-12,14,18,23H,13H2,1-3H3,(H,22,24). The lowest BCUT2D eigenvalue weighted by molar-refractivity contribution is -0.127. The van der Waals surface area contributed by atoms with E-state index in [0.29, 0.717) is 12.0 Å². The topological polar surface area (TPSA) is 49.3 Å². The number of carbonyl (C=O) groups excluding carboxylic acids is 1. The molecule has 24 heavy (non-hydrogen) atoms. The third-order valence-electron chi connectivity index (χ3n) is 4.34. The van der Waals surface area contributed by atoms with Gasteiger partial charge in [-0.25, -0.2) is 4.39 Å². The van der Waals surface area contributed by atoms with Gasteiger partial charge in [-0.15, -0.1) is 0 Å². The average Bonchev–Trinajstić information content (AvgIpc) is 2.55. The molecule has 1 amide bonds. The Morgan fingerprint density at radius 1 is 1.12 bits per heavy atom. The summed E-state index contributed by atoms with van der Waals surface area (Å²) in [5.41, 5.74) is 0.318. The molecular weight excluding hydrogens is 305 g/mol. The minimum absolute atomic E-state index is 0.313. The van der Waals surface area contributed by atoms with E-state index in [1.807, 2.05) is 30.3 Å². The average molecular weight is 329 g/mol. The summed E-state index contributed by atoms with van der Waals surface area (Å²) >= 11 is 0. The van der Waals surface area contributed by atoms with Crippen LogP contribution in [0.3, 0.4) is 0 Å². The Hall–Kier alpha value is -2.20. The SMILES string of the molecule is CC(NC(=O)C(C)(C)c1ccccc1F)C(O)Cc1ccccc1. The number of hydrogen-bond donors (Lipinski definition) is 2. The molecule has 0 radical (unpaired) electrons. The molecule has 0 aromatic heterocycles. The monoisotopic (exact) mass is 329 g/mol. The molecule has 128 valence electrons. The molecule has 4 heteroatoms. The van der Waals surface area contributed by atoms with Crippen LogP contribution in [-0.2, 0) is 16.6 Å². The zero-order valence-corrected chi connectivity index (χ0v) is 14.3. The Kier molecular flexibility index (Phi) is 5.73. The maximum Gasteiger partial charge on any atom is 0.230 e. The zero-order valence-electron chi connectivity index (χ0n) is 14.3. The summed E-state index contributed by atoms with van der Waals surface area (Å²) in [6, 6.07) is 15.4. The quantitative estimate of drug-likeness (QED) is 0.855. The maximum absolute atomic E-state index is 14.0. The molecule has 0 saturated heterocycles. The summed E-state index contributed by atoms with van der Waals surface area (Å²) in [7, 11) is 0. The number of halogens is 1. The molecule has 0 spiro atoms. The Morgan fingerprint density at radius 3 is 2.33 bits per heavy atom. The molecule has 2 unspecified atom stereocenters. The van der Waals surface area contributed by atoms with Crippen LogP contribution in [0.1, 0.15) is 31.9 Å². The highest BCUT2D eigenvalue weighted by molar-refractivity contribution is 5.87. The van der Waals surface area contributed by atoms with E-state index in [0.717, 1.165) is 5.56 Å². The molecule has 0 aliphatic carbocycles. The Bertz CT molecular complexity index is 685. The smallest absolute Gasteiger partial charge is 0.230 e. The van der Waals surface area contributed by atoms with Gasteiger partial charge in [0.1, 0.15) is 5.82 Å². The van der Waals surface area contributed by atoms with Crippen molar-refractivity contribution >= 4 is 5.91 Å². The van der Waals surface area contributed by atoms with Crippen molar-refractivity contribution in [2.75, 3.05) is 0 Å². The van der Waals surface area contributed by atoms with E-state index >= 15 is 0 Å². The third-order valence-corrected chi connectivity index (χ3v) is 4.34. The molecule has 3 nitrogen and oxygen atoms in total. The first kappa shape index (κ1) is 18.1. The summed E-state index contributed by atoms with van der Waals surface area (Å²) in [5, 5.41) is 13.1. The second kappa shape index (κ2) is 7.58. The van der Waals surface area contributed by atoms with E-state index in [1.54, 1.807) is 39.0 Å². The lowest BCUT2D eigenvalue weighted by Crippen LogP contribution is -2.49. The summed E-state index contributed by atoms with van der Waals surface area (Å²) in [5.74, 6) is -0.720. The first-order valence-corrected chi connectivity index (χ1v) is 8.10. The molecular formula is C20H24FNO2. The van der Waals surface area contributed by atoms with Gasteiger partial charge >= 0.3 is 0 Å². The first-order chi connectivity index (χ1) is 11.3. The van der Waals surface area contributed by atoms with Crippen LogP contribution in [0.2, 0.25) is 0 Å². The molecule has 2 aromatic carbocycles. The number of carbonyl (C=O) groups is 1. The van der Waals surface area contributed by atoms with E-state index in [-0.39, 0.29) is 5.91 Å². The molecule has 0 fully saturated rings. The second-order valence-corrected chi connectivity index (χ2v) is 6.62. The van der Waals surface area contributed by atoms with Crippen LogP contribution in [0, 0.1) is 5.82 Å². The lowest BCUT2D eigenvalue weighted by Gasteiger charge is -2.28. The minimum atomic E-state index is -1.02. The van der Waals surface area contributed by atoms with Crippen molar-refractivity contribution in [3.05, 3.63) is 71.5 Å². The maximum atomic E-state index is 14.0. The number of benzene rings is 2. The molecule has 0 aliphatic heterocycles. The normalized spacial score (nSPS) is 14.0. The summed E-state index contributed by atoms with van der Waals surface area (Å²) < 4.78 is 14.0.